The summed E-state index contributed by atoms with van der Waals surface area (Å²) in [7, 11) is 0. The van der Waals surface area contributed by atoms with E-state index in [-0.39, 0.29) is 30.9 Å². The molecule has 1 aliphatic rings. The van der Waals surface area contributed by atoms with Crippen LogP contribution in [0.15, 0.2) is 54.7 Å². The van der Waals surface area contributed by atoms with E-state index in [0.29, 0.717) is 6.42 Å². The van der Waals surface area contributed by atoms with Crippen molar-refractivity contribution in [3.05, 3.63) is 71.4 Å². The normalized spacial score (nSPS) is 15.8. The summed E-state index contributed by atoms with van der Waals surface area (Å²) in [5, 5.41) is 4.12. The highest BCUT2D eigenvalue weighted by atomic mass is 16.5. The van der Waals surface area contributed by atoms with Crippen LogP contribution in [-0.4, -0.2) is 23.5 Å². The van der Waals surface area contributed by atoms with Crippen molar-refractivity contribution in [3.63, 3.8) is 0 Å². The van der Waals surface area contributed by atoms with Crippen LogP contribution in [0.2, 0.25) is 0 Å². The monoisotopic (exact) mass is 376 g/mol. The number of aryl methyl sites for hydroxylation is 2. The van der Waals surface area contributed by atoms with Crippen molar-refractivity contribution in [2.24, 2.45) is 0 Å². The molecular formula is C23H24N2O3. The molecule has 0 aliphatic heterocycles. The number of rotatable bonds is 6. The number of para-hydroxylation sites is 1. The van der Waals surface area contributed by atoms with Crippen LogP contribution < -0.4 is 5.32 Å². The number of fused-ring (bicyclic) bond motifs is 2. The smallest absolute Gasteiger partial charge is 0.306 e. The van der Waals surface area contributed by atoms with E-state index in [0.717, 1.165) is 35.7 Å². The Morgan fingerprint density at radius 2 is 1.93 bits per heavy atom. The number of aromatic amines is 1. The van der Waals surface area contributed by atoms with Gasteiger partial charge in [0.05, 0.1) is 6.04 Å². The van der Waals surface area contributed by atoms with Crippen molar-refractivity contribution in [1.29, 1.82) is 0 Å². The molecule has 5 heteroatoms. The van der Waals surface area contributed by atoms with Gasteiger partial charge in [0.2, 0.25) is 0 Å². The van der Waals surface area contributed by atoms with Gasteiger partial charge in [0.25, 0.3) is 5.91 Å². The van der Waals surface area contributed by atoms with E-state index < -0.39 is 0 Å². The fourth-order valence-electron chi connectivity index (χ4n) is 3.93. The summed E-state index contributed by atoms with van der Waals surface area (Å²) in [4.78, 5) is 27.5. The number of amides is 1. The number of ether oxygens (including phenoxy) is 1. The molecule has 2 N–H and O–H groups in total. The molecule has 4 rings (SSSR count). The molecule has 0 spiro atoms. The molecule has 1 aliphatic carbocycles. The van der Waals surface area contributed by atoms with E-state index in [1.54, 1.807) is 0 Å². The lowest BCUT2D eigenvalue weighted by Crippen LogP contribution is -2.34. The molecule has 1 amide bonds. The van der Waals surface area contributed by atoms with Gasteiger partial charge in [0.1, 0.15) is 0 Å². The van der Waals surface area contributed by atoms with Gasteiger partial charge in [-0.15, -0.1) is 0 Å². The molecule has 0 saturated carbocycles. The Morgan fingerprint density at radius 3 is 2.86 bits per heavy atom. The molecule has 2 aromatic carbocycles. The zero-order valence-corrected chi connectivity index (χ0v) is 15.7. The van der Waals surface area contributed by atoms with Gasteiger partial charge in [-0.1, -0.05) is 42.5 Å². The number of aromatic nitrogens is 1. The second-order valence-corrected chi connectivity index (χ2v) is 7.23. The molecule has 0 radical (unpaired) electrons. The fourth-order valence-corrected chi connectivity index (χ4v) is 3.93. The third kappa shape index (κ3) is 4.09. The van der Waals surface area contributed by atoms with Gasteiger partial charge in [-0.2, -0.15) is 0 Å². The highest BCUT2D eigenvalue weighted by Gasteiger charge is 2.21. The lowest BCUT2D eigenvalue weighted by atomic mass is 9.88. The number of esters is 1. The zero-order chi connectivity index (χ0) is 19.3. The minimum absolute atomic E-state index is 0.00220. The Morgan fingerprint density at radius 1 is 1.11 bits per heavy atom. The predicted octanol–water partition coefficient (Wildman–Crippen LogP) is 3.84. The summed E-state index contributed by atoms with van der Waals surface area (Å²) in [6.45, 7) is -0.231. The van der Waals surface area contributed by atoms with Gasteiger partial charge in [-0.3, -0.25) is 9.59 Å². The van der Waals surface area contributed by atoms with Crippen molar-refractivity contribution in [2.45, 2.75) is 38.1 Å². The largest absolute Gasteiger partial charge is 0.456 e. The lowest BCUT2D eigenvalue weighted by molar-refractivity contribution is -0.148. The molecule has 0 bridgehead atoms. The summed E-state index contributed by atoms with van der Waals surface area (Å²) >= 11 is 0. The van der Waals surface area contributed by atoms with Gasteiger partial charge in [0.15, 0.2) is 6.61 Å². The second-order valence-electron chi connectivity index (χ2n) is 7.23. The van der Waals surface area contributed by atoms with E-state index in [1.807, 2.05) is 42.6 Å². The Balaban J connectivity index is 1.25. The minimum atomic E-state index is -0.357. The van der Waals surface area contributed by atoms with Gasteiger partial charge in [0, 0.05) is 23.5 Å². The SMILES string of the molecule is O=C(COC(=O)CCc1c[nH]c2ccccc12)N[C@@H]1CCCc2ccccc21. The van der Waals surface area contributed by atoms with Crippen molar-refractivity contribution in [2.75, 3.05) is 6.61 Å². The topological polar surface area (TPSA) is 71.2 Å². The molecule has 144 valence electrons. The van der Waals surface area contributed by atoms with Crippen LogP contribution in [0, 0.1) is 0 Å². The second kappa shape index (κ2) is 8.30. The zero-order valence-electron chi connectivity index (χ0n) is 15.7. The molecule has 28 heavy (non-hydrogen) atoms. The fraction of sp³-hybridized carbons (Fsp3) is 0.304. The van der Waals surface area contributed by atoms with Gasteiger partial charge >= 0.3 is 5.97 Å². The first kappa shape index (κ1) is 18.3. The molecule has 0 saturated heterocycles. The minimum Gasteiger partial charge on any atom is -0.456 e. The Labute approximate surface area is 164 Å². The molecule has 5 nitrogen and oxygen atoms in total. The molecule has 0 fully saturated rings. The summed E-state index contributed by atoms with van der Waals surface area (Å²) < 4.78 is 5.18. The van der Waals surface area contributed by atoms with Crippen molar-refractivity contribution in [1.82, 2.24) is 10.3 Å². The Hall–Kier alpha value is -3.08. The van der Waals surface area contributed by atoms with E-state index in [4.69, 9.17) is 4.74 Å². The van der Waals surface area contributed by atoms with Crippen LogP contribution in [-0.2, 0) is 27.2 Å². The molecule has 3 aromatic rings. The van der Waals surface area contributed by atoms with Gasteiger partial charge in [-0.05, 0) is 48.4 Å². The van der Waals surface area contributed by atoms with E-state index in [2.05, 4.69) is 22.4 Å². The average Bonchev–Trinajstić information content (AvgIpc) is 3.14. The standard InChI is InChI=1S/C23H24N2O3/c26-22(25-21-11-5-7-16-6-1-2-8-18(16)21)15-28-23(27)13-12-17-14-24-20-10-4-3-9-19(17)20/h1-4,6,8-10,14,21,24H,5,7,11-13,15H2,(H,25,26)/t21-/m1/s1. The first-order chi connectivity index (χ1) is 13.7. The van der Waals surface area contributed by atoms with Crippen LogP contribution in [0.25, 0.3) is 10.9 Å². The predicted molar refractivity (Wildman–Crippen MR) is 108 cm³/mol. The molecule has 1 heterocycles. The number of nitrogens with one attached hydrogen (secondary N) is 2. The third-order valence-electron chi connectivity index (χ3n) is 5.34. The van der Waals surface area contributed by atoms with Crippen molar-refractivity contribution < 1.29 is 14.3 Å². The van der Waals surface area contributed by atoms with Crippen LogP contribution in [0.1, 0.15) is 42.0 Å². The summed E-state index contributed by atoms with van der Waals surface area (Å²) in [5.74, 6) is -0.605. The maximum absolute atomic E-state index is 12.2. The van der Waals surface area contributed by atoms with Crippen LogP contribution in [0.5, 0.6) is 0 Å². The Bertz CT molecular complexity index is 992. The molecular weight excluding hydrogens is 352 g/mol. The summed E-state index contributed by atoms with van der Waals surface area (Å²) in [5.41, 5.74) is 4.59. The number of hydrogen-bond donors (Lipinski definition) is 2. The highest BCUT2D eigenvalue weighted by Crippen LogP contribution is 2.29. The average molecular weight is 376 g/mol. The first-order valence-corrected chi connectivity index (χ1v) is 9.78. The number of benzene rings is 2. The third-order valence-corrected chi connectivity index (χ3v) is 5.34. The summed E-state index contributed by atoms with van der Waals surface area (Å²) in [6.07, 6.45) is 5.77. The van der Waals surface area contributed by atoms with Crippen LogP contribution in [0.3, 0.4) is 0 Å². The number of carbonyl (C=O) groups is 2. The summed E-state index contributed by atoms with van der Waals surface area (Å²) in [6, 6.07) is 16.2. The van der Waals surface area contributed by atoms with Gasteiger partial charge < -0.3 is 15.0 Å². The maximum atomic E-state index is 12.2. The highest BCUT2D eigenvalue weighted by molar-refractivity contribution is 5.84. The number of carbonyl (C=O) groups excluding carboxylic acids is 2. The van der Waals surface area contributed by atoms with Crippen molar-refractivity contribution in [3.8, 4) is 0 Å². The van der Waals surface area contributed by atoms with Crippen LogP contribution in [0.4, 0.5) is 0 Å². The number of hydrogen-bond acceptors (Lipinski definition) is 3. The maximum Gasteiger partial charge on any atom is 0.306 e. The first-order valence-electron chi connectivity index (χ1n) is 9.78. The molecule has 1 atom stereocenters. The quantitative estimate of drug-likeness (QED) is 0.642. The Kier molecular flexibility index (Phi) is 5.42. The van der Waals surface area contributed by atoms with E-state index in [1.165, 1.54) is 11.1 Å². The van der Waals surface area contributed by atoms with E-state index in [9.17, 15) is 9.59 Å². The van der Waals surface area contributed by atoms with Crippen LogP contribution >= 0.6 is 0 Å². The number of H-pyrrole nitrogens is 1. The van der Waals surface area contributed by atoms with Gasteiger partial charge in [-0.25, -0.2) is 0 Å². The van der Waals surface area contributed by atoms with E-state index >= 15 is 0 Å². The molecule has 1 aromatic heterocycles. The molecule has 0 unspecified atom stereocenters. The lowest BCUT2D eigenvalue weighted by Gasteiger charge is -2.26. The van der Waals surface area contributed by atoms with Crippen molar-refractivity contribution >= 4 is 22.8 Å².